The molecular weight excluding hydrogens is 255 g/mol. The number of aryl methyl sites for hydroxylation is 1. The Labute approximate surface area is 109 Å². The Balaban J connectivity index is 2.30. The number of nitrogens with zero attached hydrogens (tertiary/aromatic N) is 2. The van der Waals surface area contributed by atoms with Crippen LogP contribution in [0.1, 0.15) is 5.82 Å². The highest BCUT2D eigenvalue weighted by Gasteiger charge is 2.05. The molecule has 2 aromatic rings. The molecule has 18 heavy (non-hydrogen) atoms. The Bertz CT molecular complexity index is 574. The first-order valence-electron chi connectivity index (χ1n) is 5.34. The van der Waals surface area contributed by atoms with Crippen LogP contribution in [0.2, 0.25) is 5.02 Å². The molecule has 0 aliphatic rings. The molecule has 0 aliphatic heterocycles. The summed E-state index contributed by atoms with van der Waals surface area (Å²) in [6.07, 6.45) is 0. The fourth-order valence-corrected chi connectivity index (χ4v) is 1.70. The summed E-state index contributed by atoms with van der Waals surface area (Å²) in [4.78, 5) is 8.40. The van der Waals surface area contributed by atoms with E-state index in [0.29, 0.717) is 28.2 Å². The van der Waals surface area contributed by atoms with Crippen molar-refractivity contribution >= 4 is 28.9 Å². The lowest BCUT2D eigenvalue weighted by molar-refractivity contribution is 0.628. The molecule has 0 aliphatic carbocycles. The highest BCUT2D eigenvalue weighted by atomic mass is 35.5. The molecular formula is C12H12ClFN4. The molecule has 1 heterocycles. The highest BCUT2D eigenvalue weighted by molar-refractivity contribution is 6.33. The maximum absolute atomic E-state index is 12.9. The summed E-state index contributed by atoms with van der Waals surface area (Å²) in [5.41, 5.74) is 0.596. The van der Waals surface area contributed by atoms with Crippen molar-refractivity contribution in [2.75, 3.05) is 17.7 Å². The largest absolute Gasteiger partial charge is 0.373 e. The third-order valence-corrected chi connectivity index (χ3v) is 2.60. The first-order valence-corrected chi connectivity index (χ1v) is 5.72. The summed E-state index contributed by atoms with van der Waals surface area (Å²) in [6.45, 7) is 1.79. The van der Waals surface area contributed by atoms with E-state index in [-0.39, 0.29) is 5.82 Å². The van der Waals surface area contributed by atoms with Crippen LogP contribution in [-0.4, -0.2) is 17.0 Å². The van der Waals surface area contributed by atoms with Gasteiger partial charge in [0.2, 0.25) is 0 Å². The van der Waals surface area contributed by atoms with Gasteiger partial charge in [0.1, 0.15) is 23.3 Å². The number of benzene rings is 1. The van der Waals surface area contributed by atoms with Crippen LogP contribution in [0.5, 0.6) is 0 Å². The smallest absolute Gasteiger partial charge is 0.136 e. The van der Waals surface area contributed by atoms with Crippen LogP contribution >= 0.6 is 11.6 Å². The molecule has 6 heteroatoms. The van der Waals surface area contributed by atoms with Crippen LogP contribution in [-0.2, 0) is 0 Å². The van der Waals surface area contributed by atoms with Crippen molar-refractivity contribution in [2.24, 2.45) is 0 Å². The van der Waals surface area contributed by atoms with Crippen molar-refractivity contribution in [1.82, 2.24) is 9.97 Å². The second-order valence-corrected chi connectivity index (χ2v) is 4.09. The van der Waals surface area contributed by atoms with E-state index in [1.54, 1.807) is 26.1 Å². The van der Waals surface area contributed by atoms with Gasteiger partial charge in [-0.05, 0) is 25.1 Å². The van der Waals surface area contributed by atoms with Crippen molar-refractivity contribution in [2.45, 2.75) is 6.92 Å². The molecule has 1 aromatic heterocycles. The van der Waals surface area contributed by atoms with Crippen LogP contribution in [0.3, 0.4) is 0 Å². The van der Waals surface area contributed by atoms with E-state index in [1.807, 2.05) is 0 Å². The number of aromatic nitrogens is 2. The quantitative estimate of drug-likeness (QED) is 0.894. The molecule has 0 bridgehead atoms. The molecule has 0 saturated heterocycles. The fourth-order valence-electron chi connectivity index (χ4n) is 1.49. The van der Waals surface area contributed by atoms with Crippen molar-refractivity contribution in [1.29, 1.82) is 0 Å². The molecule has 1 aromatic carbocycles. The topological polar surface area (TPSA) is 49.8 Å². The van der Waals surface area contributed by atoms with E-state index < -0.39 is 0 Å². The standard InChI is InChI=1S/C12H12ClFN4/c1-7-16-11(15-2)6-12(17-7)18-10-4-3-8(14)5-9(10)13/h3-6H,1-2H3,(H2,15,16,17,18). The van der Waals surface area contributed by atoms with Crippen molar-refractivity contribution < 1.29 is 4.39 Å². The minimum atomic E-state index is -0.375. The predicted molar refractivity (Wildman–Crippen MR) is 71.0 cm³/mol. The van der Waals surface area contributed by atoms with Gasteiger partial charge in [0, 0.05) is 13.1 Å². The summed E-state index contributed by atoms with van der Waals surface area (Å²) >= 11 is 5.93. The number of halogens is 2. The van der Waals surface area contributed by atoms with Crippen LogP contribution in [0.15, 0.2) is 24.3 Å². The van der Waals surface area contributed by atoms with E-state index >= 15 is 0 Å². The van der Waals surface area contributed by atoms with Crippen molar-refractivity contribution in [3.63, 3.8) is 0 Å². The molecule has 0 unspecified atom stereocenters. The van der Waals surface area contributed by atoms with Crippen molar-refractivity contribution in [3.8, 4) is 0 Å². The van der Waals surface area contributed by atoms with E-state index in [4.69, 9.17) is 11.6 Å². The molecule has 0 spiro atoms. The summed E-state index contributed by atoms with van der Waals surface area (Å²) < 4.78 is 12.9. The Morgan fingerprint density at radius 2 is 1.89 bits per heavy atom. The van der Waals surface area contributed by atoms with E-state index in [1.165, 1.54) is 12.1 Å². The predicted octanol–water partition coefficient (Wildman–Crippen LogP) is 3.36. The van der Waals surface area contributed by atoms with Gasteiger partial charge in [-0.3, -0.25) is 0 Å². The lowest BCUT2D eigenvalue weighted by atomic mass is 10.3. The maximum atomic E-state index is 12.9. The molecule has 0 fully saturated rings. The van der Waals surface area contributed by atoms with Gasteiger partial charge in [0.05, 0.1) is 10.7 Å². The highest BCUT2D eigenvalue weighted by Crippen LogP contribution is 2.25. The maximum Gasteiger partial charge on any atom is 0.136 e. The molecule has 0 radical (unpaired) electrons. The Morgan fingerprint density at radius 3 is 2.56 bits per heavy atom. The van der Waals surface area contributed by atoms with Crippen molar-refractivity contribution in [3.05, 3.63) is 40.9 Å². The number of hydrogen-bond donors (Lipinski definition) is 2. The zero-order valence-corrected chi connectivity index (χ0v) is 10.7. The molecule has 4 nitrogen and oxygen atoms in total. The van der Waals surface area contributed by atoms with Crippen LogP contribution in [0.25, 0.3) is 0 Å². The van der Waals surface area contributed by atoms with Crippen LogP contribution < -0.4 is 10.6 Å². The third-order valence-electron chi connectivity index (χ3n) is 2.29. The molecule has 0 amide bonds. The Kier molecular flexibility index (Phi) is 3.62. The minimum absolute atomic E-state index is 0.303. The van der Waals surface area contributed by atoms with Gasteiger partial charge in [0.25, 0.3) is 0 Å². The number of rotatable bonds is 3. The summed E-state index contributed by atoms with van der Waals surface area (Å²) in [5.74, 6) is 1.55. The number of nitrogens with one attached hydrogen (secondary N) is 2. The molecule has 0 atom stereocenters. The molecule has 94 valence electrons. The lowest BCUT2D eigenvalue weighted by Crippen LogP contribution is -2.01. The van der Waals surface area contributed by atoms with Gasteiger partial charge in [-0.25, -0.2) is 14.4 Å². The first kappa shape index (κ1) is 12.6. The Morgan fingerprint density at radius 1 is 1.17 bits per heavy atom. The Hall–Kier alpha value is -1.88. The average Bonchev–Trinajstić information content (AvgIpc) is 2.32. The zero-order valence-electron chi connectivity index (χ0n) is 9.96. The SMILES string of the molecule is CNc1cc(Nc2ccc(F)cc2Cl)nc(C)n1. The van der Waals surface area contributed by atoms with E-state index in [2.05, 4.69) is 20.6 Å². The summed E-state index contributed by atoms with van der Waals surface area (Å²) in [5, 5.41) is 6.26. The van der Waals surface area contributed by atoms with Gasteiger partial charge in [-0.1, -0.05) is 11.6 Å². The molecule has 2 N–H and O–H groups in total. The number of anilines is 3. The molecule has 2 rings (SSSR count). The lowest BCUT2D eigenvalue weighted by Gasteiger charge is -2.09. The van der Waals surface area contributed by atoms with Gasteiger partial charge in [-0.2, -0.15) is 0 Å². The molecule has 0 saturated carbocycles. The van der Waals surface area contributed by atoms with E-state index in [0.717, 1.165) is 0 Å². The second-order valence-electron chi connectivity index (χ2n) is 3.68. The second kappa shape index (κ2) is 5.18. The monoisotopic (exact) mass is 266 g/mol. The number of hydrogen-bond acceptors (Lipinski definition) is 4. The average molecular weight is 267 g/mol. The minimum Gasteiger partial charge on any atom is -0.373 e. The first-order chi connectivity index (χ1) is 8.58. The van der Waals surface area contributed by atoms with Crippen LogP contribution in [0.4, 0.5) is 21.7 Å². The van der Waals surface area contributed by atoms with Gasteiger partial charge in [0.15, 0.2) is 0 Å². The zero-order chi connectivity index (χ0) is 13.1. The third kappa shape index (κ3) is 2.87. The summed E-state index contributed by atoms with van der Waals surface area (Å²) in [7, 11) is 1.77. The summed E-state index contributed by atoms with van der Waals surface area (Å²) in [6, 6.07) is 5.89. The van der Waals surface area contributed by atoms with Gasteiger partial charge >= 0.3 is 0 Å². The van der Waals surface area contributed by atoms with Gasteiger partial charge in [-0.15, -0.1) is 0 Å². The van der Waals surface area contributed by atoms with E-state index in [9.17, 15) is 4.39 Å². The normalized spacial score (nSPS) is 10.2. The van der Waals surface area contributed by atoms with Crippen LogP contribution in [0, 0.1) is 12.7 Å². The fraction of sp³-hybridized carbons (Fsp3) is 0.167. The van der Waals surface area contributed by atoms with Gasteiger partial charge < -0.3 is 10.6 Å².